The van der Waals surface area contributed by atoms with Gasteiger partial charge < -0.3 is 5.32 Å². The Hall–Kier alpha value is -0.470. The Kier molecular flexibility index (Phi) is 7.55. The van der Waals surface area contributed by atoms with E-state index in [-0.39, 0.29) is 0 Å². The van der Waals surface area contributed by atoms with Gasteiger partial charge in [0.1, 0.15) is 0 Å². The Morgan fingerprint density at radius 1 is 1.11 bits per heavy atom. The first-order valence-corrected chi connectivity index (χ1v) is 8.55. The summed E-state index contributed by atoms with van der Waals surface area (Å²) >= 11 is 2.07. The Labute approximate surface area is 123 Å². The van der Waals surface area contributed by atoms with Gasteiger partial charge in [-0.05, 0) is 55.2 Å². The Morgan fingerprint density at radius 3 is 2.42 bits per heavy atom. The van der Waals surface area contributed by atoms with Crippen LogP contribution in [-0.2, 0) is 6.42 Å². The van der Waals surface area contributed by atoms with Gasteiger partial charge in [-0.3, -0.25) is 0 Å². The van der Waals surface area contributed by atoms with Crippen molar-refractivity contribution in [3.8, 4) is 0 Å². The van der Waals surface area contributed by atoms with E-state index in [1.165, 1.54) is 28.2 Å². The zero-order valence-corrected chi connectivity index (χ0v) is 13.9. The second kappa shape index (κ2) is 8.65. The van der Waals surface area contributed by atoms with Crippen LogP contribution in [0.5, 0.6) is 0 Å². The van der Waals surface area contributed by atoms with Crippen LogP contribution in [-0.4, -0.2) is 24.1 Å². The number of hydrogen-bond donors (Lipinski definition) is 1. The maximum atomic E-state index is 3.62. The van der Waals surface area contributed by atoms with Crippen LogP contribution >= 0.6 is 11.8 Å². The lowest BCUT2D eigenvalue weighted by Crippen LogP contribution is -2.33. The molecular weight excluding hydrogens is 250 g/mol. The highest BCUT2D eigenvalue weighted by molar-refractivity contribution is 7.99. The van der Waals surface area contributed by atoms with Crippen LogP contribution in [0.25, 0.3) is 0 Å². The molecule has 1 unspecified atom stereocenters. The molecule has 0 aromatic heterocycles. The first-order chi connectivity index (χ1) is 9.02. The van der Waals surface area contributed by atoms with Gasteiger partial charge in [-0.15, -0.1) is 0 Å². The third-order valence-corrected chi connectivity index (χ3v) is 4.86. The van der Waals surface area contributed by atoms with Gasteiger partial charge in [0.2, 0.25) is 0 Å². The molecular formula is C17H29NS. The standard InChI is InChI=1S/C17H29NS/c1-6-18-17(12-19-11-13(2)3)10-16-8-7-14(4)15(5)9-16/h7-9,13,17-18H,6,10-12H2,1-5H3. The summed E-state index contributed by atoms with van der Waals surface area (Å²) in [6.45, 7) is 12.2. The van der Waals surface area contributed by atoms with Crippen molar-refractivity contribution in [2.75, 3.05) is 18.1 Å². The number of likely N-dealkylation sites (N-methyl/N-ethyl adjacent to an activating group) is 1. The molecule has 1 aromatic carbocycles. The Balaban J connectivity index is 2.54. The van der Waals surface area contributed by atoms with Gasteiger partial charge in [0.25, 0.3) is 0 Å². The quantitative estimate of drug-likeness (QED) is 0.765. The Bertz CT molecular complexity index is 374. The minimum atomic E-state index is 0.593. The van der Waals surface area contributed by atoms with Crippen LogP contribution < -0.4 is 5.32 Å². The average molecular weight is 279 g/mol. The van der Waals surface area contributed by atoms with E-state index in [0.29, 0.717) is 6.04 Å². The van der Waals surface area contributed by atoms with Crippen LogP contribution in [0.3, 0.4) is 0 Å². The first-order valence-electron chi connectivity index (χ1n) is 7.40. The molecule has 0 saturated carbocycles. The zero-order valence-electron chi connectivity index (χ0n) is 13.1. The maximum absolute atomic E-state index is 3.62. The third-order valence-electron chi connectivity index (χ3n) is 3.32. The van der Waals surface area contributed by atoms with Crippen LogP contribution in [0.2, 0.25) is 0 Å². The largest absolute Gasteiger partial charge is 0.313 e. The predicted octanol–water partition coefficient (Wildman–Crippen LogP) is 4.21. The van der Waals surface area contributed by atoms with Crippen molar-refractivity contribution in [3.05, 3.63) is 34.9 Å². The van der Waals surface area contributed by atoms with Crippen molar-refractivity contribution >= 4 is 11.8 Å². The van der Waals surface area contributed by atoms with Gasteiger partial charge in [-0.2, -0.15) is 11.8 Å². The fourth-order valence-corrected chi connectivity index (χ4v) is 3.27. The second-order valence-electron chi connectivity index (χ2n) is 5.81. The van der Waals surface area contributed by atoms with Gasteiger partial charge in [-0.25, -0.2) is 0 Å². The molecule has 0 fully saturated rings. The molecule has 0 radical (unpaired) electrons. The monoisotopic (exact) mass is 279 g/mol. The lowest BCUT2D eigenvalue weighted by Gasteiger charge is -2.19. The number of hydrogen-bond acceptors (Lipinski definition) is 2. The van der Waals surface area contributed by atoms with Crippen molar-refractivity contribution < 1.29 is 0 Å². The highest BCUT2D eigenvalue weighted by Crippen LogP contribution is 2.15. The van der Waals surface area contributed by atoms with Gasteiger partial charge in [0, 0.05) is 11.8 Å². The van der Waals surface area contributed by atoms with Crippen LogP contribution in [0.1, 0.15) is 37.5 Å². The summed E-state index contributed by atoms with van der Waals surface area (Å²) in [5.41, 5.74) is 4.25. The van der Waals surface area contributed by atoms with E-state index in [0.717, 1.165) is 18.9 Å². The molecule has 0 heterocycles. The molecule has 1 rings (SSSR count). The minimum Gasteiger partial charge on any atom is -0.313 e. The van der Waals surface area contributed by atoms with Gasteiger partial charge in [0.05, 0.1) is 0 Å². The summed E-state index contributed by atoms with van der Waals surface area (Å²) in [4.78, 5) is 0. The molecule has 2 heteroatoms. The van der Waals surface area contributed by atoms with E-state index < -0.39 is 0 Å². The lowest BCUT2D eigenvalue weighted by molar-refractivity contribution is 0.572. The molecule has 1 N–H and O–H groups in total. The number of nitrogens with one attached hydrogen (secondary N) is 1. The summed E-state index contributed by atoms with van der Waals surface area (Å²) in [5, 5.41) is 3.62. The molecule has 1 aromatic rings. The van der Waals surface area contributed by atoms with Gasteiger partial charge in [-0.1, -0.05) is 39.0 Å². The molecule has 108 valence electrons. The van der Waals surface area contributed by atoms with Crippen LogP contribution in [0.15, 0.2) is 18.2 Å². The van der Waals surface area contributed by atoms with E-state index >= 15 is 0 Å². The predicted molar refractivity (Wildman–Crippen MR) is 89.2 cm³/mol. The molecule has 19 heavy (non-hydrogen) atoms. The van der Waals surface area contributed by atoms with E-state index in [9.17, 15) is 0 Å². The summed E-state index contributed by atoms with van der Waals surface area (Å²) < 4.78 is 0. The van der Waals surface area contributed by atoms with E-state index in [1.54, 1.807) is 0 Å². The van der Waals surface area contributed by atoms with Gasteiger partial charge in [0.15, 0.2) is 0 Å². The number of thioether (sulfide) groups is 1. The van der Waals surface area contributed by atoms with Crippen molar-refractivity contribution in [2.45, 2.75) is 47.1 Å². The molecule has 0 aliphatic heterocycles. The normalized spacial score (nSPS) is 12.9. The SMILES string of the molecule is CCNC(CSCC(C)C)Cc1ccc(C)c(C)c1. The molecule has 1 atom stereocenters. The zero-order chi connectivity index (χ0) is 14.3. The fraction of sp³-hybridized carbons (Fsp3) is 0.647. The Morgan fingerprint density at radius 2 is 1.84 bits per heavy atom. The molecule has 1 nitrogen and oxygen atoms in total. The molecule has 0 saturated heterocycles. The lowest BCUT2D eigenvalue weighted by atomic mass is 10.0. The minimum absolute atomic E-state index is 0.593. The second-order valence-corrected chi connectivity index (χ2v) is 6.88. The first kappa shape index (κ1) is 16.6. The third kappa shape index (κ3) is 6.49. The van der Waals surface area contributed by atoms with Crippen molar-refractivity contribution in [1.29, 1.82) is 0 Å². The maximum Gasteiger partial charge on any atom is 0.0198 e. The van der Waals surface area contributed by atoms with Crippen LogP contribution in [0.4, 0.5) is 0 Å². The summed E-state index contributed by atoms with van der Waals surface area (Å²) in [6, 6.07) is 7.46. The number of rotatable bonds is 8. The smallest absolute Gasteiger partial charge is 0.0198 e. The topological polar surface area (TPSA) is 12.0 Å². The van der Waals surface area contributed by atoms with Crippen LogP contribution in [0, 0.1) is 19.8 Å². The van der Waals surface area contributed by atoms with E-state index in [1.807, 2.05) is 0 Å². The molecule has 0 amide bonds. The number of aryl methyl sites for hydroxylation is 2. The van der Waals surface area contributed by atoms with Crippen molar-refractivity contribution in [3.63, 3.8) is 0 Å². The highest BCUT2D eigenvalue weighted by atomic mass is 32.2. The van der Waals surface area contributed by atoms with E-state index in [4.69, 9.17) is 0 Å². The van der Waals surface area contributed by atoms with Crippen molar-refractivity contribution in [1.82, 2.24) is 5.32 Å². The van der Waals surface area contributed by atoms with Crippen molar-refractivity contribution in [2.24, 2.45) is 5.92 Å². The number of benzene rings is 1. The summed E-state index contributed by atoms with van der Waals surface area (Å²) in [6.07, 6.45) is 1.14. The summed E-state index contributed by atoms with van der Waals surface area (Å²) in [5.74, 6) is 3.25. The molecule has 0 spiro atoms. The van der Waals surface area contributed by atoms with Gasteiger partial charge >= 0.3 is 0 Å². The average Bonchev–Trinajstić information content (AvgIpc) is 2.33. The summed E-state index contributed by atoms with van der Waals surface area (Å²) in [7, 11) is 0. The molecule has 0 aliphatic rings. The van der Waals surface area contributed by atoms with E-state index in [2.05, 4.69) is 69.9 Å². The molecule has 0 aliphatic carbocycles. The fourth-order valence-electron chi connectivity index (χ4n) is 2.14. The highest BCUT2D eigenvalue weighted by Gasteiger charge is 2.09. The molecule has 0 bridgehead atoms.